The lowest BCUT2D eigenvalue weighted by Gasteiger charge is -2.17. The molecule has 26 heavy (non-hydrogen) atoms. The molecule has 11 heteroatoms. The summed E-state index contributed by atoms with van der Waals surface area (Å²) in [6, 6.07) is 3.20. The molecular formula is C15H15F3N2O6. The van der Waals surface area contributed by atoms with Gasteiger partial charge in [-0.05, 0) is 31.2 Å². The Hall–Kier alpha value is -3.11. The van der Waals surface area contributed by atoms with Crippen molar-refractivity contribution in [2.75, 3.05) is 11.9 Å². The molecule has 0 aliphatic heterocycles. The maximum Gasteiger partial charge on any atom is 0.471 e. The van der Waals surface area contributed by atoms with Crippen LogP contribution in [0.5, 0.6) is 0 Å². The standard InChI is InChI=1S/C15H15F3N2O6/c1-2-26-13(24)8-3-5-9(6-4-8)19-12(23)10(7-11(21)22)20-14(25)15(16,17)18/h3-6,10H,2,7H2,1H3,(H,19,23)(H,20,25)(H,21,22)/t10-/m0/s1. The van der Waals surface area contributed by atoms with Gasteiger partial charge in [-0.25, -0.2) is 4.79 Å². The molecule has 0 saturated carbocycles. The number of halogens is 3. The van der Waals surface area contributed by atoms with Gasteiger partial charge in [-0.2, -0.15) is 13.2 Å². The number of esters is 1. The van der Waals surface area contributed by atoms with Crippen molar-refractivity contribution in [1.82, 2.24) is 5.32 Å². The van der Waals surface area contributed by atoms with E-state index in [-0.39, 0.29) is 17.9 Å². The van der Waals surface area contributed by atoms with E-state index in [0.29, 0.717) is 0 Å². The lowest BCUT2D eigenvalue weighted by atomic mass is 10.1. The molecule has 0 aliphatic rings. The molecule has 2 amide bonds. The summed E-state index contributed by atoms with van der Waals surface area (Å²) < 4.78 is 41.6. The van der Waals surface area contributed by atoms with E-state index in [0.717, 1.165) is 0 Å². The molecule has 0 aromatic heterocycles. The SMILES string of the molecule is CCOC(=O)c1ccc(NC(=O)[C@H](CC(=O)O)NC(=O)C(F)(F)F)cc1. The Kier molecular flexibility index (Phi) is 7.11. The van der Waals surface area contributed by atoms with Crippen molar-refractivity contribution in [3.8, 4) is 0 Å². The van der Waals surface area contributed by atoms with Crippen LogP contribution in [0.25, 0.3) is 0 Å². The zero-order valence-electron chi connectivity index (χ0n) is 13.4. The van der Waals surface area contributed by atoms with Crippen molar-refractivity contribution in [3.63, 3.8) is 0 Å². The average molecular weight is 376 g/mol. The molecule has 0 heterocycles. The predicted molar refractivity (Wildman–Crippen MR) is 81.3 cm³/mol. The number of carboxylic acids is 1. The highest BCUT2D eigenvalue weighted by Gasteiger charge is 2.41. The number of anilines is 1. The van der Waals surface area contributed by atoms with Crippen molar-refractivity contribution in [3.05, 3.63) is 29.8 Å². The van der Waals surface area contributed by atoms with Crippen molar-refractivity contribution in [2.45, 2.75) is 25.6 Å². The second-order valence-electron chi connectivity index (χ2n) is 4.91. The summed E-state index contributed by atoms with van der Waals surface area (Å²) in [6.07, 6.45) is -6.31. The van der Waals surface area contributed by atoms with E-state index in [1.807, 2.05) is 0 Å². The molecule has 1 atom stereocenters. The minimum absolute atomic E-state index is 0.0831. The van der Waals surface area contributed by atoms with E-state index in [9.17, 15) is 32.3 Å². The van der Waals surface area contributed by atoms with E-state index in [1.165, 1.54) is 29.6 Å². The molecular weight excluding hydrogens is 361 g/mol. The van der Waals surface area contributed by atoms with Gasteiger partial charge in [0.1, 0.15) is 6.04 Å². The smallest absolute Gasteiger partial charge is 0.471 e. The molecule has 1 rings (SSSR count). The van der Waals surface area contributed by atoms with Crippen molar-refractivity contribution < 1.29 is 42.2 Å². The first-order chi connectivity index (χ1) is 12.0. The molecule has 8 nitrogen and oxygen atoms in total. The number of carboxylic acid groups (broad SMARTS) is 1. The van der Waals surface area contributed by atoms with Crippen LogP contribution in [0.2, 0.25) is 0 Å². The van der Waals surface area contributed by atoms with Gasteiger partial charge in [0.25, 0.3) is 0 Å². The first-order valence-corrected chi connectivity index (χ1v) is 7.22. The number of hydrogen-bond acceptors (Lipinski definition) is 5. The number of hydrogen-bond donors (Lipinski definition) is 3. The molecule has 142 valence electrons. The Labute approximate surface area is 145 Å². The first kappa shape index (κ1) is 20.9. The van der Waals surface area contributed by atoms with Gasteiger partial charge in [-0.15, -0.1) is 0 Å². The molecule has 1 aromatic rings. The van der Waals surface area contributed by atoms with E-state index in [2.05, 4.69) is 5.32 Å². The minimum Gasteiger partial charge on any atom is -0.481 e. The quantitative estimate of drug-likeness (QED) is 0.617. The van der Waals surface area contributed by atoms with Crippen LogP contribution in [-0.4, -0.2) is 47.7 Å². The molecule has 0 fully saturated rings. The van der Waals surface area contributed by atoms with Crippen LogP contribution in [-0.2, 0) is 19.1 Å². The highest BCUT2D eigenvalue weighted by molar-refractivity contribution is 6.00. The van der Waals surface area contributed by atoms with E-state index in [4.69, 9.17) is 9.84 Å². The third-order valence-corrected chi connectivity index (χ3v) is 2.92. The van der Waals surface area contributed by atoms with Crippen molar-refractivity contribution in [2.24, 2.45) is 0 Å². The second-order valence-corrected chi connectivity index (χ2v) is 4.91. The normalized spacial score (nSPS) is 12.0. The fourth-order valence-electron chi connectivity index (χ4n) is 1.76. The Balaban J connectivity index is 2.84. The molecule has 3 N–H and O–H groups in total. The minimum atomic E-state index is -5.27. The summed E-state index contributed by atoms with van der Waals surface area (Å²) in [5.41, 5.74) is 0.261. The van der Waals surface area contributed by atoms with Crippen LogP contribution in [0.3, 0.4) is 0 Å². The predicted octanol–water partition coefficient (Wildman–Crippen LogP) is 1.32. The maximum atomic E-state index is 12.3. The highest BCUT2D eigenvalue weighted by Crippen LogP contribution is 2.16. The molecule has 0 saturated heterocycles. The zero-order valence-corrected chi connectivity index (χ0v) is 13.4. The fourth-order valence-corrected chi connectivity index (χ4v) is 1.76. The Morgan fingerprint density at radius 3 is 2.19 bits per heavy atom. The van der Waals surface area contributed by atoms with Crippen LogP contribution in [0.4, 0.5) is 18.9 Å². The summed E-state index contributed by atoms with van der Waals surface area (Å²) >= 11 is 0. The van der Waals surface area contributed by atoms with Gasteiger partial charge in [0, 0.05) is 5.69 Å². The maximum absolute atomic E-state index is 12.3. The molecule has 1 aromatic carbocycles. The van der Waals surface area contributed by atoms with Crippen molar-refractivity contribution >= 4 is 29.4 Å². The largest absolute Gasteiger partial charge is 0.481 e. The van der Waals surface area contributed by atoms with Crippen LogP contribution >= 0.6 is 0 Å². The number of carbonyl (C=O) groups excluding carboxylic acids is 3. The summed E-state index contributed by atoms with van der Waals surface area (Å²) in [5, 5.41) is 12.2. The number of amides is 2. The van der Waals surface area contributed by atoms with Crippen molar-refractivity contribution in [1.29, 1.82) is 0 Å². The number of ether oxygens (including phenoxy) is 1. The van der Waals surface area contributed by atoms with Crippen LogP contribution in [0, 0.1) is 0 Å². The van der Waals surface area contributed by atoms with Gasteiger partial charge in [0.05, 0.1) is 18.6 Å². The number of nitrogens with one attached hydrogen (secondary N) is 2. The summed E-state index contributed by atoms with van der Waals surface area (Å²) in [5.74, 6) is -5.78. The zero-order chi connectivity index (χ0) is 19.9. The third kappa shape index (κ3) is 6.42. The number of carbonyl (C=O) groups is 4. The van der Waals surface area contributed by atoms with E-state index >= 15 is 0 Å². The van der Waals surface area contributed by atoms with E-state index in [1.54, 1.807) is 6.92 Å². The van der Waals surface area contributed by atoms with Gasteiger partial charge < -0.3 is 20.5 Å². The van der Waals surface area contributed by atoms with Gasteiger partial charge in [-0.3, -0.25) is 14.4 Å². The molecule has 0 aliphatic carbocycles. The topological polar surface area (TPSA) is 122 Å². The second kappa shape index (κ2) is 8.83. The van der Waals surface area contributed by atoms with Crippen LogP contribution in [0.1, 0.15) is 23.7 Å². The third-order valence-electron chi connectivity index (χ3n) is 2.92. The van der Waals surface area contributed by atoms with Gasteiger partial charge in [-0.1, -0.05) is 0 Å². The average Bonchev–Trinajstić information content (AvgIpc) is 2.53. The highest BCUT2D eigenvalue weighted by atomic mass is 19.4. The monoisotopic (exact) mass is 376 g/mol. The Bertz CT molecular complexity index is 688. The summed E-state index contributed by atoms with van der Waals surface area (Å²) in [4.78, 5) is 45.1. The number of rotatable bonds is 7. The van der Waals surface area contributed by atoms with Crippen LogP contribution in [0.15, 0.2) is 24.3 Å². The molecule has 0 bridgehead atoms. The lowest BCUT2D eigenvalue weighted by molar-refractivity contribution is -0.174. The fraction of sp³-hybridized carbons (Fsp3) is 0.333. The summed E-state index contributed by atoms with van der Waals surface area (Å²) in [6.45, 7) is 1.78. The van der Waals surface area contributed by atoms with Crippen LogP contribution < -0.4 is 10.6 Å². The number of benzene rings is 1. The van der Waals surface area contributed by atoms with Gasteiger partial charge in [0.2, 0.25) is 5.91 Å². The van der Waals surface area contributed by atoms with Gasteiger partial charge >= 0.3 is 24.0 Å². The van der Waals surface area contributed by atoms with Gasteiger partial charge in [0.15, 0.2) is 0 Å². The number of alkyl halides is 3. The Morgan fingerprint density at radius 1 is 1.15 bits per heavy atom. The summed E-state index contributed by atoms with van der Waals surface area (Å²) in [7, 11) is 0. The molecule has 0 radical (unpaired) electrons. The lowest BCUT2D eigenvalue weighted by Crippen LogP contribution is -2.49. The first-order valence-electron chi connectivity index (χ1n) is 7.22. The molecule has 0 unspecified atom stereocenters. The number of aliphatic carboxylic acids is 1. The van der Waals surface area contributed by atoms with E-state index < -0.39 is 42.4 Å². The molecule has 0 spiro atoms. The Morgan fingerprint density at radius 2 is 1.73 bits per heavy atom.